The summed E-state index contributed by atoms with van der Waals surface area (Å²) in [6.07, 6.45) is 3.29. The third kappa shape index (κ3) is 3.06. The Morgan fingerprint density at radius 1 is 1.31 bits per heavy atom. The lowest BCUT2D eigenvalue weighted by Gasteiger charge is -2.25. The quantitative estimate of drug-likeness (QED) is 0.773. The lowest BCUT2D eigenvalue weighted by Crippen LogP contribution is -2.43. The molecule has 1 aromatic rings. The third-order valence-electron chi connectivity index (χ3n) is 1.81. The molecule has 1 aliphatic rings. The monoisotopic (exact) mass is 225 g/mol. The van der Waals surface area contributed by atoms with Crippen LogP contribution < -0.4 is 10.2 Å². The molecule has 6 heteroatoms. The molecular weight excluding hydrogens is 213 g/mol. The fourth-order valence-corrected chi connectivity index (χ4v) is 1.23. The van der Waals surface area contributed by atoms with Crippen LogP contribution in [0.15, 0.2) is 16.9 Å². The maximum atomic E-state index is 5.16. The highest BCUT2D eigenvalue weighted by Crippen LogP contribution is 2.09. The van der Waals surface area contributed by atoms with Gasteiger partial charge >= 0.3 is 0 Å². The standard InChI is InChI=1S/C7H11N3O.2ClH/c1-4-10(5-2-8-1)7-9-3-6-11-7;;/h3,6,8H,1-2,4-5H2;2*1H. The number of nitrogens with zero attached hydrogens (tertiary/aromatic N) is 2. The van der Waals surface area contributed by atoms with Crippen molar-refractivity contribution in [3.63, 3.8) is 0 Å². The van der Waals surface area contributed by atoms with E-state index in [9.17, 15) is 0 Å². The van der Waals surface area contributed by atoms with E-state index >= 15 is 0 Å². The molecule has 4 nitrogen and oxygen atoms in total. The minimum atomic E-state index is 0. The number of rotatable bonds is 1. The van der Waals surface area contributed by atoms with Gasteiger partial charge in [-0.1, -0.05) is 0 Å². The van der Waals surface area contributed by atoms with Crippen LogP contribution in [-0.4, -0.2) is 31.2 Å². The second kappa shape index (κ2) is 6.07. The normalized spacial score (nSPS) is 15.8. The van der Waals surface area contributed by atoms with Gasteiger partial charge in [-0.15, -0.1) is 24.8 Å². The summed E-state index contributed by atoms with van der Waals surface area (Å²) in [4.78, 5) is 6.21. The fourth-order valence-electron chi connectivity index (χ4n) is 1.23. The molecule has 1 fully saturated rings. The highest BCUT2D eigenvalue weighted by molar-refractivity contribution is 5.85. The zero-order chi connectivity index (χ0) is 7.52. The Balaban J connectivity index is 0.000000720. The number of hydrogen-bond acceptors (Lipinski definition) is 4. The van der Waals surface area contributed by atoms with Gasteiger partial charge in [0.1, 0.15) is 6.26 Å². The van der Waals surface area contributed by atoms with Gasteiger partial charge in [-0.3, -0.25) is 0 Å². The summed E-state index contributed by atoms with van der Waals surface area (Å²) in [6.45, 7) is 4.01. The van der Waals surface area contributed by atoms with E-state index in [4.69, 9.17) is 4.42 Å². The second-order valence-electron chi connectivity index (χ2n) is 2.55. The van der Waals surface area contributed by atoms with Crippen LogP contribution in [0.3, 0.4) is 0 Å². The largest absolute Gasteiger partial charge is 0.432 e. The molecule has 1 saturated heterocycles. The molecule has 0 radical (unpaired) electrons. The summed E-state index contributed by atoms with van der Waals surface area (Å²) in [7, 11) is 0. The average molecular weight is 226 g/mol. The first-order valence-corrected chi connectivity index (χ1v) is 3.82. The van der Waals surface area contributed by atoms with Crippen LogP contribution in [0.5, 0.6) is 0 Å². The highest BCUT2D eigenvalue weighted by atomic mass is 35.5. The molecule has 0 amide bonds. The Morgan fingerprint density at radius 3 is 2.54 bits per heavy atom. The van der Waals surface area contributed by atoms with Crippen molar-refractivity contribution in [2.75, 3.05) is 31.1 Å². The van der Waals surface area contributed by atoms with Gasteiger partial charge < -0.3 is 14.6 Å². The summed E-state index contributed by atoms with van der Waals surface area (Å²) in [5.74, 6) is 0. The van der Waals surface area contributed by atoms with Gasteiger partial charge in [0.15, 0.2) is 0 Å². The Kier molecular flexibility index (Phi) is 5.86. The van der Waals surface area contributed by atoms with E-state index in [0.29, 0.717) is 0 Å². The van der Waals surface area contributed by atoms with Crippen molar-refractivity contribution in [2.45, 2.75) is 0 Å². The van der Waals surface area contributed by atoms with Crippen LogP contribution in [0.1, 0.15) is 0 Å². The lowest BCUT2D eigenvalue weighted by atomic mass is 10.4. The predicted octanol–water partition coefficient (Wildman–Crippen LogP) is 0.928. The van der Waals surface area contributed by atoms with Crippen LogP contribution in [0.2, 0.25) is 0 Å². The maximum Gasteiger partial charge on any atom is 0.297 e. The third-order valence-corrected chi connectivity index (χ3v) is 1.81. The van der Waals surface area contributed by atoms with E-state index in [2.05, 4.69) is 15.2 Å². The molecule has 0 bridgehead atoms. The number of hydrogen-bond donors (Lipinski definition) is 1. The molecule has 2 heterocycles. The van der Waals surface area contributed by atoms with E-state index in [0.717, 1.165) is 32.2 Å². The highest BCUT2D eigenvalue weighted by Gasteiger charge is 2.12. The van der Waals surface area contributed by atoms with Crippen molar-refractivity contribution in [1.29, 1.82) is 0 Å². The van der Waals surface area contributed by atoms with E-state index in [-0.39, 0.29) is 24.8 Å². The minimum Gasteiger partial charge on any atom is -0.432 e. The molecule has 0 saturated carbocycles. The predicted molar refractivity (Wildman–Crippen MR) is 56.1 cm³/mol. The number of piperazine rings is 1. The van der Waals surface area contributed by atoms with Gasteiger partial charge in [-0.25, -0.2) is 4.98 Å². The molecule has 0 atom stereocenters. The first-order valence-electron chi connectivity index (χ1n) is 3.82. The van der Waals surface area contributed by atoms with Gasteiger partial charge in [-0.2, -0.15) is 0 Å². The molecule has 0 unspecified atom stereocenters. The smallest absolute Gasteiger partial charge is 0.297 e. The van der Waals surface area contributed by atoms with Crippen LogP contribution in [-0.2, 0) is 0 Å². The summed E-state index contributed by atoms with van der Waals surface area (Å²) < 4.78 is 5.16. The van der Waals surface area contributed by atoms with Gasteiger partial charge in [-0.05, 0) is 0 Å². The zero-order valence-electron chi connectivity index (χ0n) is 7.10. The van der Waals surface area contributed by atoms with Crippen molar-refractivity contribution in [2.24, 2.45) is 0 Å². The van der Waals surface area contributed by atoms with E-state index in [1.807, 2.05) is 0 Å². The van der Waals surface area contributed by atoms with Gasteiger partial charge in [0.05, 0.1) is 6.20 Å². The molecule has 1 aromatic heterocycles. The van der Waals surface area contributed by atoms with E-state index in [1.165, 1.54) is 0 Å². The van der Waals surface area contributed by atoms with Crippen LogP contribution in [0, 0.1) is 0 Å². The van der Waals surface area contributed by atoms with Crippen LogP contribution in [0.4, 0.5) is 6.01 Å². The first kappa shape index (κ1) is 12.6. The molecule has 0 aromatic carbocycles. The Bertz CT molecular complexity index is 212. The van der Waals surface area contributed by atoms with Crippen molar-refractivity contribution in [3.05, 3.63) is 12.5 Å². The molecular formula is C7H13Cl2N3O. The molecule has 76 valence electrons. The number of nitrogens with one attached hydrogen (secondary N) is 1. The Hall–Kier alpha value is -0.450. The SMILES string of the molecule is Cl.Cl.c1coc(N2CCNCC2)n1. The first-order chi connectivity index (χ1) is 5.47. The lowest BCUT2D eigenvalue weighted by molar-refractivity contribution is 0.499. The van der Waals surface area contributed by atoms with Gasteiger partial charge in [0.2, 0.25) is 0 Å². The van der Waals surface area contributed by atoms with Crippen LogP contribution >= 0.6 is 24.8 Å². The summed E-state index contributed by atoms with van der Waals surface area (Å²) in [5.41, 5.74) is 0. The number of oxazole rings is 1. The topological polar surface area (TPSA) is 41.3 Å². The molecule has 1 N–H and O–H groups in total. The number of halogens is 2. The van der Waals surface area contributed by atoms with Crippen LogP contribution in [0.25, 0.3) is 0 Å². The van der Waals surface area contributed by atoms with Crippen molar-refractivity contribution in [3.8, 4) is 0 Å². The molecule has 2 rings (SSSR count). The summed E-state index contributed by atoms with van der Waals surface area (Å²) in [5, 5.41) is 3.27. The van der Waals surface area contributed by atoms with E-state index < -0.39 is 0 Å². The number of anilines is 1. The maximum absolute atomic E-state index is 5.16. The number of aromatic nitrogens is 1. The minimum absolute atomic E-state index is 0. The van der Waals surface area contributed by atoms with E-state index in [1.54, 1.807) is 12.5 Å². The Labute approximate surface area is 89.5 Å². The molecule has 0 aliphatic carbocycles. The summed E-state index contributed by atoms with van der Waals surface area (Å²) in [6, 6.07) is 0.742. The summed E-state index contributed by atoms with van der Waals surface area (Å²) >= 11 is 0. The van der Waals surface area contributed by atoms with Gasteiger partial charge in [0, 0.05) is 26.2 Å². The van der Waals surface area contributed by atoms with Gasteiger partial charge in [0.25, 0.3) is 6.01 Å². The van der Waals surface area contributed by atoms with Crippen molar-refractivity contribution >= 4 is 30.8 Å². The van der Waals surface area contributed by atoms with Crippen molar-refractivity contribution < 1.29 is 4.42 Å². The second-order valence-corrected chi connectivity index (χ2v) is 2.55. The fraction of sp³-hybridized carbons (Fsp3) is 0.571. The molecule has 13 heavy (non-hydrogen) atoms. The Morgan fingerprint density at radius 2 is 2.00 bits per heavy atom. The zero-order valence-corrected chi connectivity index (χ0v) is 8.74. The van der Waals surface area contributed by atoms with Crippen molar-refractivity contribution in [1.82, 2.24) is 10.3 Å². The molecule has 0 spiro atoms. The molecule has 1 aliphatic heterocycles. The average Bonchev–Trinajstić information content (AvgIpc) is 2.58.